The maximum atomic E-state index is 12.1. The molecule has 0 unspecified atom stereocenters. The van der Waals surface area contributed by atoms with Crippen LogP contribution in [-0.4, -0.2) is 25.8 Å². The predicted octanol–water partition coefficient (Wildman–Crippen LogP) is 3.68. The van der Waals surface area contributed by atoms with E-state index in [0.717, 1.165) is 0 Å². The predicted molar refractivity (Wildman–Crippen MR) is 85.2 cm³/mol. The number of fused-ring (bicyclic) bond motifs is 1. The van der Waals surface area contributed by atoms with Gasteiger partial charge in [-0.1, -0.05) is 12.1 Å². The van der Waals surface area contributed by atoms with E-state index in [1.165, 1.54) is 24.3 Å². The van der Waals surface area contributed by atoms with Crippen LogP contribution < -0.4 is 18.9 Å². The summed E-state index contributed by atoms with van der Waals surface area (Å²) in [5.41, 5.74) is 0.640. The minimum atomic E-state index is -2.87. The first-order valence-electron chi connectivity index (χ1n) is 7.44. The van der Waals surface area contributed by atoms with Gasteiger partial charge in [-0.2, -0.15) is 8.78 Å². The van der Waals surface area contributed by atoms with Gasteiger partial charge in [-0.25, -0.2) is 4.79 Å². The second kappa shape index (κ2) is 7.65. The van der Waals surface area contributed by atoms with Crippen LogP contribution in [0.3, 0.4) is 0 Å². The Labute approximate surface area is 142 Å². The fraction of sp³-hybridized carbons (Fsp3) is 0.167. The van der Waals surface area contributed by atoms with Crippen molar-refractivity contribution in [3.8, 4) is 23.0 Å². The second-order valence-corrected chi connectivity index (χ2v) is 5.01. The minimum absolute atomic E-state index is 0.0472. The lowest BCUT2D eigenvalue weighted by Crippen LogP contribution is -2.15. The number of halogens is 2. The van der Waals surface area contributed by atoms with Gasteiger partial charge in [0.1, 0.15) is 24.7 Å². The first kappa shape index (κ1) is 16.8. The molecule has 0 radical (unpaired) electrons. The standard InChI is InChI=1S/C18H14F2O5/c19-18(20)25-13-4-1-12(2-5-13)3-8-17(21)24-14-6-7-15-16(11-14)23-10-9-22-15/h1-8,11,18H,9-10H2/b8-3+. The Morgan fingerprint density at radius 2 is 1.68 bits per heavy atom. The van der Waals surface area contributed by atoms with Crippen molar-refractivity contribution in [2.75, 3.05) is 13.2 Å². The molecule has 0 atom stereocenters. The van der Waals surface area contributed by atoms with E-state index in [-0.39, 0.29) is 5.75 Å². The molecule has 1 aliphatic heterocycles. The van der Waals surface area contributed by atoms with Crippen LogP contribution in [0, 0.1) is 0 Å². The van der Waals surface area contributed by atoms with E-state index >= 15 is 0 Å². The normalized spacial score (nSPS) is 13.1. The van der Waals surface area contributed by atoms with Gasteiger partial charge in [0.05, 0.1) is 0 Å². The zero-order chi connectivity index (χ0) is 17.6. The molecule has 130 valence electrons. The van der Waals surface area contributed by atoms with Crippen molar-refractivity contribution >= 4 is 12.0 Å². The Kier molecular flexibility index (Phi) is 5.13. The van der Waals surface area contributed by atoms with E-state index in [9.17, 15) is 13.6 Å². The highest BCUT2D eigenvalue weighted by Gasteiger charge is 2.13. The Morgan fingerprint density at radius 3 is 2.40 bits per heavy atom. The van der Waals surface area contributed by atoms with Crippen LogP contribution >= 0.6 is 0 Å². The lowest BCUT2D eigenvalue weighted by molar-refractivity contribution is -0.128. The number of rotatable bonds is 5. The van der Waals surface area contributed by atoms with Crippen molar-refractivity contribution < 1.29 is 32.5 Å². The van der Waals surface area contributed by atoms with Crippen molar-refractivity contribution in [3.63, 3.8) is 0 Å². The summed E-state index contributed by atoms with van der Waals surface area (Å²) >= 11 is 0. The zero-order valence-electron chi connectivity index (χ0n) is 13.0. The van der Waals surface area contributed by atoms with Crippen LogP contribution in [0.25, 0.3) is 6.08 Å². The molecule has 0 N–H and O–H groups in total. The van der Waals surface area contributed by atoms with E-state index in [0.29, 0.717) is 36.0 Å². The molecule has 0 saturated heterocycles. The smallest absolute Gasteiger partial charge is 0.387 e. The molecule has 7 heteroatoms. The van der Waals surface area contributed by atoms with Gasteiger partial charge in [-0.05, 0) is 35.9 Å². The first-order chi connectivity index (χ1) is 12.1. The molecule has 0 bridgehead atoms. The highest BCUT2D eigenvalue weighted by Crippen LogP contribution is 2.33. The lowest BCUT2D eigenvalue weighted by Gasteiger charge is -2.18. The van der Waals surface area contributed by atoms with Gasteiger partial charge < -0.3 is 18.9 Å². The summed E-state index contributed by atoms with van der Waals surface area (Å²) in [4.78, 5) is 11.9. The fourth-order valence-corrected chi connectivity index (χ4v) is 2.16. The Bertz CT molecular complexity index is 772. The number of hydrogen-bond acceptors (Lipinski definition) is 5. The summed E-state index contributed by atoms with van der Waals surface area (Å²) in [6, 6.07) is 10.7. The summed E-state index contributed by atoms with van der Waals surface area (Å²) in [7, 11) is 0. The molecule has 1 heterocycles. The van der Waals surface area contributed by atoms with Gasteiger partial charge in [0, 0.05) is 12.1 Å². The van der Waals surface area contributed by atoms with Crippen LogP contribution in [0.4, 0.5) is 8.78 Å². The third-order valence-electron chi connectivity index (χ3n) is 3.25. The summed E-state index contributed by atoms with van der Waals surface area (Å²) < 4.78 is 44.4. The average molecular weight is 348 g/mol. The van der Waals surface area contributed by atoms with Crippen LogP contribution in [0.1, 0.15) is 5.56 Å². The van der Waals surface area contributed by atoms with Crippen molar-refractivity contribution in [2.24, 2.45) is 0 Å². The van der Waals surface area contributed by atoms with Crippen molar-refractivity contribution in [2.45, 2.75) is 6.61 Å². The molecular weight excluding hydrogens is 334 g/mol. The Morgan fingerprint density at radius 1 is 1.00 bits per heavy atom. The molecule has 0 amide bonds. The maximum Gasteiger partial charge on any atom is 0.387 e. The second-order valence-electron chi connectivity index (χ2n) is 5.01. The summed E-state index contributed by atoms with van der Waals surface area (Å²) in [6.07, 6.45) is 2.74. The zero-order valence-corrected chi connectivity index (χ0v) is 13.0. The molecule has 2 aromatic rings. The van der Waals surface area contributed by atoms with Gasteiger partial charge in [0.2, 0.25) is 0 Å². The highest BCUT2D eigenvalue weighted by atomic mass is 19.3. The summed E-state index contributed by atoms with van der Waals surface area (Å²) in [5.74, 6) is 0.929. The Hall–Kier alpha value is -3.09. The van der Waals surface area contributed by atoms with Gasteiger partial charge in [0.15, 0.2) is 11.5 Å². The molecule has 25 heavy (non-hydrogen) atoms. The van der Waals surface area contributed by atoms with Crippen LogP contribution in [-0.2, 0) is 4.79 Å². The number of benzene rings is 2. The molecule has 2 aromatic carbocycles. The SMILES string of the molecule is O=C(/C=C/c1ccc(OC(F)F)cc1)Oc1ccc2c(c1)OCCO2. The molecule has 0 aliphatic carbocycles. The van der Waals surface area contributed by atoms with Crippen molar-refractivity contribution in [1.82, 2.24) is 0 Å². The van der Waals surface area contributed by atoms with E-state index in [4.69, 9.17) is 14.2 Å². The van der Waals surface area contributed by atoms with Gasteiger partial charge in [-0.15, -0.1) is 0 Å². The van der Waals surface area contributed by atoms with Gasteiger partial charge in [-0.3, -0.25) is 0 Å². The van der Waals surface area contributed by atoms with Crippen LogP contribution in [0.2, 0.25) is 0 Å². The third kappa shape index (κ3) is 4.69. The quantitative estimate of drug-likeness (QED) is 0.469. The average Bonchev–Trinajstić information content (AvgIpc) is 2.60. The molecular formula is C18H14F2O5. The monoisotopic (exact) mass is 348 g/mol. The number of carbonyl (C=O) groups excluding carboxylic acids is 1. The number of esters is 1. The van der Waals surface area contributed by atoms with Gasteiger partial charge >= 0.3 is 12.6 Å². The van der Waals surface area contributed by atoms with E-state index < -0.39 is 12.6 Å². The fourth-order valence-electron chi connectivity index (χ4n) is 2.16. The van der Waals surface area contributed by atoms with E-state index in [2.05, 4.69) is 4.74 Å². The summed E-state index contributed by atoms with van der Waals surface area (Å²) in [5, 5.41) is 0. The molecule has 5 nitrogen and oxygen atoms in total. The molecule has 0 saturated carbocycles. The minimum Gasteiger partial charge on any atom is -0.486 e. The topological polar surface area (TPSA) is 54.0 Å². The summed E-state index contributed by atoms with van der Waals surface area (Å²) in [6.45, 7) is -1.95. The number of ether oxygens (including phenoxy) is 4. The van der Waals surface area contributed by atoms with Crippen LogP contribution in [0.15, 0.2) is 48.5 Å². The molecule has 0 spiro atoms. The van der Waals surface area contributed by atoms with Crippen molar-refractivity contribution in [1.29, 1.82) is 0 Å². The third-order valence-corrected chi connectivity index (χ3v) is 3.25. The molecule has 1 aliphatic rings. The number of carbonyl (C=O) groups is 1. The first-order valence-corrected chi connectivity index (χ1v) is 7.44. The van der Waals surface area contributed by atoms with E-state index in [1.54, 1.807) is 30.3 Å². The number of alkyl halides is 2. The van der Waals surface area contributed by atoms with Gasteiger partial charge in [0.25, 0.3) is 0 Å². The van der Waals surface area contributed by atoms with Crippen molar-refractivity contribution in [3.05, 3.63) is 54.1 Å². The Balaban J connectivity index is 1.59. The number of hydrogen-bond donors (Lipinski definition) is 0. The largest absolute Gasteiger partial charge is 0.486 e. The highest BCUT2D eigenvalue weighted by molar-refractivity contribution is 5.88. The lowest BCUT2D eigenvalue weighted by atomic mass is 10.2. The van der Waals surface area contributed by atoms with Crippen LogP contribution in [0.5, 0.6) is 23.0 Å². The molecule has 0 aromatic heterocycles. The maximum absolute atomic E-state index is 12.1. The molecule has 0 fully saturated rings. The molecule has 3 rings (SSSR count). The van der Waals surface area contributed by atoms with E-state index in [1.807, 2.05) is 0 Å².